The Hall–Kier alpha value is -1.78. The van der Waals surface area contributed by atoms with Crippen LogP contribution in [0.25, 0.3) is 0 Å². The van der Waals surface area contributed by atoms with E-state index in [0.29, 0.717) is 6.29 Å². The molecule has 0 saturated heterocycles. The highest BCUT2D eigenvalue weighted by atomic mass is 19.1. The van der Waals surface area contributed by atoms with Gasteiger partial charge in [0.2, 0.25) is 5.82 Å². The van der Waals surface area contributed by atoms with Gasteiger partial charge in [0.15, 0.2) is 0 Å². The number of benzene rings is 1. The molecule has 0 fully saturated rings. The fourth-order valence-electron chi connectivity index (χ4n) is 1.11. The van der Waals surface area contributed by atoms with Crippen molar-refractivity contribution in [3.8, 4) is 0 Å². The molecular weight excluding hydrogens is 189 g/mol. The summed E-state index contributed by atoms with van der Waals surface area (Å²) < 4.78 is 13.3. The number of rotatable bonds is 4. The van der Waals surface area contributed by atoms with Crippen molar-refractivity contribution in [2.24, 2.45) is 0 Å². The van der Waals surface area contributed by atoms with Crippen LogP contribution in [0.5, 0.6) is 0 Å². The van der Waals surface area contributed by atoms with Crippen molar-refractivity contribution in [1.82, 2.24) is 0 Å². The van der Waals surface area contributed by atoms with Crippen LogP contribution in [0.4, 0.5) is 10.1 Å². The lowest BCUT2D eigenvalue weighted by molar-refractivity contribution is -0.387. The SMILES string of the molecule is O=CCCc1cccc([N+](=O)[O-])c1F. The first-order valence-corrected chi connectivity index (χ1v) is 4.02. The normalized spacial score (nSPS) is 9.79. The predicted molar refractivity (Wildman–Crippen MR) is 47.4 cm³/mol. The zero-order valence-electron chi connectivity index (χ0n) is 7.27. The fourth-order valence-corrected chi connectivity index (χ4v) is 1.11. The number of carbonyl (C=O) groups is 1. The highest BCUT2D eigenvalue weighted by Crippen LogP contribution is 2.20. The number of hydrogen-bond acceptors (Lipinski definition) is 3. The van der Waals surface area contributed by atoms with Gasteiger partial charge in [0, 0.05) is 12.5 Å². The second-order valence-electron chi connectivity index (χ2n) is 2.71. The fraction of sp³-hybridized carbons (Fsp3) is 0.222. The Morgan fingerprint density at radius 3 is 2.79 bits per heavy atom. The molecule has 1 aromatic rings. The average molecular weight is 197 g/mol. The summed E-state index contributed by atoms with van der Waals surface area (Å²) in [6.07, 6.45) is 1.01. The highest BCUT2D eigenvalue weighted by Gasteiger charge is 2.16. The van der Waals surface area contributed by atoms with E-state index in [1.165, 1.54) is 12.1 Å². The summed E-state index contributed by atoms with van der Waals surface area (Å²) in [4.78, 5) is 19.6. The van der Waals surface area contributed by atoms with Crippen molar-refractivity contribution in [2.45, 2.75) is 12.8 Å². The van der Waals surface area contributed by atoms with Crippen molar-refractivity contribution in [1.29, 1.82) is 0 Å². The molecule has 0 heterocycles. The van der Waals surface area contributed by atoms with Crippen LogP contribution in [-0.2, 0) is 11.2 Å². The number of nitrogens with zero attached hydrogens (tertiary/aromatic N) is 1. The quantitative estimate of drug-likeness (QED) is 0.420. The van der Waals surface area contributed by atoms with E-state index in [-0.39, 0.29) is 18.4 Å². The van der Waals surface area contributed by atoms with Gasteiger partial charge in [-0.3, -0.25) is 10.1 Å². The lowest BCUT2D eigenvalue weighted by atomic mass is 10.1. The van der Waals surface area contributed by atoms with Crippen LogP contribution in [-0.4, -0.2) is 11.2 Å². The van der Waals surface area contributed by atoms with Crippen molar-refractivity contribution in [3.63, 3.8) is 0 Å². The van der Waals surface area contributed by atoms with Crippen molar-refractivity contribution in [2.75, 3.05) is 0 Å². The monoisotopic (exact) mass is 197 g/mol. The third-order valence-corrected chi connectivity index (χ3v) is 1.79. The summed E-state index contributed by atoms with van der Waals surface area (Å²) in [6, 6.07) is 3.94. The van der Waals surface area contributed by atoms with Crippen LogP contribution in [0, 0.1) is 15.9 Å². The van der Waals surface area contributed by atoms with Gasteiger partial charge in [0.25, 0.3) is 0 Å². The number of hydrogen-bond donors (Lipinski definition) is 0. The molecule has 0 radical (unpaired) electrons. The lowest BCUT2D eigenvalue weighted by Gasteiger charge is -2.00. The molecule has 0 spiro atoms. The summed E-state index contributed by atoms with van der Waals surface area (Å²) in [7, 11) is 0. The molecule has 1 aromatic carbocycles. The van der Waals surface area contributed by atoms with Gasteiger partial charge >= 0.3 is 5.69 Å². The molecule has 5 heteroatoms. The largest absolute Gasteiger partial charge is 0.305 e. The Morgan fingerprint density at radius 2 is 2.21 bits per heavy atom. The zero-order chi connectivity index (χ0) is 10.6. The van der Waals surface area contributed by atoms with E-state index in [2.05, 4.69) is 0 Å². The van der Waals surface area contributed by atoms with Gasteiger partial charge in [0.1, 0.15) is 6.29 Å². The maximum atomic E-state index is 13.3. The van der Waals surface area contributed by atoms with Gasteiger partial charge in [-0.05, 0) is 12.0 Å². The Balaban J connectivity index is 3.01. The molecule has 0 aliphatic rings. The van der Waals surface area contributed by atoms with Crippen LogP contribution in [0.1, 0.15) is 12.0 Å². The molecule has 0 aromatic heterocycles. The number of halogens is 1. The summed E-state index contributed by atoms with van der Waals surface area (Å²) in [5, 5.41) is 10.3. The summed E-state index contributed by atoms with van der Waals surface area (Å²) in [6.45, 7) is 0. The van der Waals surface area contributed by atoms with Crippen LogP contribution < -0.4 is 0 Å². The van der Waals surface area contributed by atoms with Gasteiger partial charge < -0.3 is 4.79 Å². The van der Waals surface area contributed by atoms with Gasteiger partial charge in [-0.2, -0.15) is 4.39 Å². The first-order valence-electron chi connectivity index (χ1n) is 4.02. The minimum atomic E-state index is -0.848. The number of nitro benzene ring substituents is 1. The third-order valence-electron chi connectivity index (χ3n) is 1.79. The Labute approximate surface area is 79.5 Å². The van der Waals surface area contributed by atoms with E-state index in [0.717, 1.165) is 6.07 Å². The number of aldehydes is 1. The lowest BCUT2D eigenvalue weighted by Crippen LogP contribution is -1.97. The van der Waals surface area contributed by atoms with Gasteiger partial charge in [-0.15, -0.1) is 0 Å². The maximum Gasteiger partial charge on any atom is 0.305 e. The van der Waals surface area contributed by atoms with Gasteiger partial charge in [0.05, 0.1) is 4.92 Å². The molecule has 4 nitrogen and oxygen atoms in total. The molecule has 0 amide bonds. The number of carbonyl (C=O) groups excluding carboxylic acids is 1. The van der Waals surface area contributed by atoms with E-state index in [1.54, 1.807) is 0 Å². The van der Waals surface area contributed by atoms with E-state index >= 15 is 0 Å². The van der Waals surface area contributed by atoms with Crippen molar-refractivity contribution >= 4 is 12.0 Å². The Morgan fingerprint density at radius 1 is 1.50 bits per heavy atom. The van der Waals surface area contributed by atoms with Crippen LogP contribution in [0.3, 0.4) is 0 Å². The summed E-state index contributed by atoms with van der Waals surface area (Å²) >= 11 is 0. The number of nitro groups is 1. The number of aryl methyl sites for hydroxylation is 1. The minimum absolute atomic E-state index is 0.165. The standard InChI is InChI=1S/C9H8FNO3/c10-9-7(4-2-6-12)3-1-5-8(9)11(13)14/h1,3,5-6H,2,4H2. The molecule has 0 saturated carbocycles. The predicted octanol–water partition coefficient (Wildman–Crippen LogP) is 1.87. The Bertz CT molecular complexity index is 365. The maximum absolute atomic E-state index is 13.3. The van der Waals surface area contributed by atoms with Crippen LogP contribution in [0.2, 0.25) is 0 Å². The molecule has 0 N–H and O–H groups in total. The molecule has 74 valence electrons. The molecule has 0 aliphatic carbocycles. The molecular formula is C9H8FNO3. The van der Waals surface area contributed by atoms with Crippen molar-refractivity contribution < 1.29 is 14.1 Å². The van der Waals surface area contributed by atoms with Crippen LogP contribution >= 0.6 is 0 Å². The Kier molecular flexibility index (Phi) is 3.28. The summed E-state index contributed by atoms with van der Waals surface area (Å²) in [5.74, 6) is -0.848. The van der Waals surface area contributed by atoms with E-state index in [9.17, 15) is 19.3 Å². The molecule has 1 rings (SSSR count). The first-order chi connectivity index (χ1) is 6.66. The molecule has 0 atom stereocenters. The average Bonchev–Trinajstić information content (AvgIpc) is 2.16. The zero-order valence-corrected chi connectivity index (χ0v) is 7.27. The highest BCUT2D eigenvalue weighted by molar-refractivity contribution is 5.50. The van der Waals surface area contributed by atoms with Gasteiger partial charge in [-0.1, -0.05) is 12.1 Å². The van der Waals surface area contributed by atoms with Crippen LogP contribution in [0.15, 0.2) is 18.2 Å². The molecule has 0 aliphatic heterocycles. The smallest absolute Gasteiger partial charge is 0.303 e. The third kappa shape index (κ3) is 2.12. The second-order valence-corrected chi connectivity index (χ2v) is 2.71. The summed E-state index contributed by atoms with van der Waals surface area (Å²) in [5.41, 5.74) is -0.348. The van der Waals surface area contributed by atoms with Crippen molar-refractivity contribution in [3.05, 3.63) is 39.7 Å². The minimum Gasteiger partial charge on any atom is -0.303 e. The van der Waals surface area contributed by atoms with Gasteiger partial charge in [-0.25, -0.2) is 0 Å². The molecule has 0 bridgehead atoms. The molecule has 14 heavy (non-hydrogen) atoms. The first kappa shape index (κ1) is 10.3. The molecule has 0 unspecified atom stereocenters. The van der Waals surface area contributed by atoms with E-state index in [1.807, 2.05) is 0 Å². The topological polar surface area (TPSA) is 60.2 Å². The van der Waals surface area contributed by atoms with E-state index < -0.39 is 16.4 Å². The van der Waals surface area contributed by atoms with E-state index in [4.69, 9.17) is 0 Å². The second kappa shape index (κ2) is 4.45.